The van der Waals surface area contributed by atoms with Gasteiger partial charge < -0.3 is 20.6 Å². The second kappa shape index (κ2) is 9.24. The molecule has 3 saturated heterocycles. The van der Waals surface area contributed by atoms with E-state index in [0.29, 0.717) is 29.2 Å². The van der Waals surface area contributed by atoms with Crippen LogP contribution in [0.4, 0.5) is 17.2 Å². The van der Waals surface area contributed by atoms with Crippen molar-refractivity contribution in [3.05, 3.63) is 54.4 Å². The van der Waals surface area contributed by atoms with Gasteiger partial charge in [-0.2, -0.15) is 0 Å². The molecular weight excluding hydrogens is 462 g/mol. The van der Waals surface area contributed by atoms with Gasteiger partial charge in [-0.05, 0) is 69.4 Å². The highest BCUT2D eigenvalue weighted by Gasteiger charge is 2.41. The van der Waals surface area contributed by atoms with Crippen molar-refractivity contribution < 1.29 is 5.11 Å². The maximum Gasteiger partial charge on any atom is 0.169 e. The quantitative estimate of drug-likeness (QED) is 0.531. The molecule has 0 aliphatic carbocycles. The number of pyridine rings is 1. The van der Waals surface area contributed by atoms with Crippen molar-refractivity contribution in [2.45, 2.75) is 50.7 Å². The molecule has 2 unspecified atom stereocenters. The first-order valence-corrected chi connectivity index (χ1v) is 13.0. The Kier molecular flexibility index (Phi) is 5.88. The van der Waals surface area contributed by atoms with Crippen LogP contribution in [0, 0.1) is 11.8 Å². The van der Waals surface area contributed by atoms with E-state index in [1.165, 1.54) is 12.1 Å². The standard InChI is InChI=1S/C29H33N7O/c1-29(2)12-15-35(29)14-5-6-20-16-21(11-13-31-20)36-22-9-10-23(36)19-34(18-22)26-17-25(32-33-28(26)30)24-7-3-4-8-27(24)37/h3-4,7-8,11,13,16-17,22-23,37H,9-10,12,14-15,18-19H2,1-2H3,(H2,30,33). The number of rotatable bonds is 4. The van der Waals surface area contributed by atoms with Crippen LogP contribution in [0.5, 0.6) is 5.75 Å². The molecule has 0 saturated carbocycles. The molecule has 0 spiro atoms. The Morgan fingerprint density at radius 1 is 1.08 bits per heavy atom. The highest BCUT2D eigenvalue weighted by atomic mass is 16.3. The first-order valence-electron chi connectivity index (χ1n) is 13.0. The van der Waals surface area contributed by atoms with Gasteiger partial charge in [0.05, 0.1) is 17.9 Å². The zero-order valence-electron chi connectivity index (χ0n) is 21.4. The van der Waals surface area contributed by atoms with Gasteiger partial charge in [0.15, 0.2) is 5.82 Å². The summed E-state index contributed by atoms with van der Waals surface area (Å²) in [5.41, 5.74) is 10.7. The molecule has 3 fully saturated rings. The SMILES string of the molecule is CC1(C)CCN1CC#Cc1cc(N2C3CCC2CN(c2cc(-c4ccccc4O)nnc2N)C3)ccn1. The van der Waals surface area contributed by atoms with E-state index in [-0.39, 0.29) is 11.3 Å². The van der Waals surface area contributed by atoms with Crippen LogP contribution in [-0.2, 0) is 0 Å². The van der Waals surface area contributed by atoms with Gasteiger partial charge in [-0.25, -0.2) is 4.98 Å². The summed E-state index contributed by atoms with van der Waals surface area (Å²) in [7, 11) is 0. The number of phenolic OH excluding ortho intramolecular Hbond substituents is 1. The van der Waals surface area contributed by atoms with Crippen molar-refractivity contribution in [1.82, 2.24) is 20.1 Å². The molecule has 1 aromatic carbocycles. The number of anilines is 3. The van der Waals surface area contributed by atoms with Crippen LogP contribution < -0.4 is 15.5 Å². The van der Waals surface area contributed by atoms with Crippen LogP contribution >= 0.6 is 0 Å². The largest absolute Gasteiger partial charge is 0.507 e. The minimum Gasteiger partial charge on any atom is -0.507 e. The van der Waals surface area contributed by atoms with Gasteiger partial charge in [0.1, 0.15) is 11.4 Å². The van der Waals surface area contributed by atoms with E-state index >= 15 is 0 Å². The molecule has 3 aromatic rings. The lowest BCUT2D eigenvalue weighted by Gasteiger charge is -2.47. The van der Waals surface area contributed by atoms with Crippen LogP contribution in [0.3, 0.4) is 0 Å². The first kappa shape index (κ1) is 23.6. The molecule has 6 rings (SSSR count). The number of para-hydroxylation sites is 1. The molecule has 2 atom stereocenters. The molecule has 3 aliphatic rings. The second-order valence-corrected chi connectivity index (χ2v) is 10.9. The number of piperazine rings is 1. The summed E-state index contributed by atoms with van der Waals surface area (Å²) >= 11 is 0. The lowest BCUT2D eigenvalue weighted by Crippen LogP contribution is -2.55. The smallest absolute Gasteiger partial charge is 0.169 e. The van der Waals surface area contributed by atoms with Gasteiger partial charge in [0, 0.05) is 54.7 Å². The minimum atomic E-state index is 0.183. The Balaban J connectivity index is 1.20. The summed E-state index contributed by atoms with van der Waals surface area (Å²) in [6.07, 6.45) is 5.36. The Hall–Kier alpha value is -3.83. The van der Waals surface area contributed by atoms with Crippen molar-refractivity contribution >= 4 is 17.2 Å². The lowest BCUT2D eigenvalue weighted by atomic mass is 9.89. The topological polar surface area (TPSA) is 94.6 Å². The van der Waals surface area contributed by atoms with Gasteiger partial charge in [0.2, 0.25) is 0 Å². The van der Waals surface area contributed by atoms with Crippen LogP contribution in [0.2, 0.25) is 0 Å². The molecule has 0 radical (unpaired) electrons. The number of fused-ring (bicyclic) bond motifs is 2. The summed E-state index contributed by atoms with van der Waals surface area (Å²) in [5, 5.41) is 18.8. The van der Waals surface area contributed by atoms with Crippen molar-refractivity contribution in [2.75, 3.05) is 41.7 Å². The second-order valence-electron chi connectivity index (χ2n) is 10.9. The van der Waals surface area contributed by atoms with E-state index in [2.05, 4.69) is 67.7 Å². The van der Waals surface area contributed by atoms with E-state index in [1.807, 2.05) is 24.4 Å². The fourth-order valence-corrected chi connectivity index (χ4v) is 5.87. The van der Waals surface area contributed by atoms with Crippen molar-refractivity contribution in [2.24, 2.45) is 0 Å². The Morgan fingerprint density at radius 2 is 1.86 bits per heavy atom. The summed E-state index contributed by atoms with van der Waals surface area (Å²) in [6.45, 7) is 8.14. The van der Waals surface area contributed by atoms with Crippen LogP contribution in [0.1, 0.15) is 38.8 Å². The zero-order chi connectivity index (χ0) is 25.6. The van der Waals surface area contributed by atoms with Crippen molar-refractivity contribution in [3.63, 3.8) is 0 Å². The molecule has 37 heavy (non-hydrogen) atoms. The van der Waals surface area contributed by atoms with Gasteiger partial charge in [-0.1, -0.05) is 18.1 Å². The predicted molar refractivity (Wildman–Crippen MR) is 146 cm³/mol. The van der Waals surface area contributed by atoms with Gasteiger partial charge in [0.25, 0.3) is 0 Å². The number of nitrogens with two attached hydrogens (primary N) is 1. The van der Waals surface area contributed by atoms with E-state index in [1.54, 1.807) is 12.1 Å². The number of aromatic nitrogens is 3. The summed E-state index contributed by atoms with van der Waals surface area (Å²) in [6, 6.07) is 14.1. The molecule has 190 valence electrons. The predicted octanol–water partition coefficient (Wildman–Crippen LogP) is 3.52. The number of nitrogen functional groups attached to an aromatic ring is 1. The third kappa shape index (κ3) is 4.44. The number of likely N-dealkylation sites (tertiary alicyclic amines) is 1. The fraction of sp³-hybridized carbons (Fsp3) is 0.414. The van der Waals surface area contributed by atoms with Crippen LogP contribution in [0.15, 0.2) is 48.7 Å². The fourth-order valence-electron chi connectivity index (χ4n) is 5.87. The minimum absolute atomic E-state index is 0.183. The van der Waals surface area contributed by atoms with E-state index < -0.39 is 0 Å². The number of benzene rings is 1. The van der Waals surface area contributed by atoms with Gasteiger partial charge >= 0.3 is 0 Å². The monoisotopic (exact) mass is 495 g/mol. The van der Waals surface area contributed by atoms with Gasteiger partial charge in [-0.15, -0.1) is 10.2 Å². The molecule has 5 heterocycles. The summed E-state index contributed by atoms with van der Waals surface area (Å²) in [4.78, 5) is 11.8. The van der Waals surface area contributed by atoms with Gasteiger partial charge in [-0.3, -0.25) is 4.90 Å². The number of aromatic hydroxyl groups is 1. The molecular formula is C29H33N7O. The maximum absolute atomic E-state index is 10.3. The Labute approximate surface area is 218 Å². The summed E-state index contributed by atoms with van der Waals surface area (Å²) < 4.78 is 0. The maximum atomic E-state index is 10.3. The third-order valence-electron chi connectivity index (χ3n) is 8.18. The molecule has 8 heteroatoms. The van der Waals surface area contributed by atoms with Crippen molar-refractivity contribution in [1.29, 1.82) is 0 Å². The lowest BCUT2D eigenvalue weighted by molar-refractivity contribution is 0.0306. The number of hydrogen-bond acceptors (Lipinski definition) is 8. The first-order chi connectivity index (χ1) is 17.9. The zero-order valence-corrected chi connectivity index (χ0v) is 21.4. The molecule has 2 bridgehead atoms. The third-order valence-corrected chi connectivity index (χ3v) is 8.18. The number of phenols is 1. The van der Waals surface area contributed by atoms with E-state index in [4.69, 9.17) is 5.73 Å². The molecule has 8 nitrogen and oxygen atoms in total. The van der Waals surface area contributed by atoms with Crippen LogP contribution in [-0.4, -0.2) is 69.0 Å². The average Bonchev–Trinajstić information content (AvgIpc) is 3.16. The van der Waals surface area contributed by atoms with E-state index in [0.717, 1.165) is 50.4 Å². The summed E-state index contributed by atoms with van der Waals surface area (Å²) in [5.74, 6) is 7.21. The molecule has 0 amide bonds. The average molecular weight is 496 g/mol. The molecule has 2 aromatic heterocycles. The molecule has 3 aliphatic heterocycles. The van der Waals surface area contributed by atoms with E-state index in [9.17, 15) is 5.11 Å². The van der Waals surface area contributed by atoms with Crippen LogP contribution in [0.25, 0.3) is 11.3 Å². The molecule has 3 N–H and O–H groups in total. The Bertz CT molecular complexity index is 1360. The highest BCUT2D eigenvalue weighted by molar-refractivity contribution is 5.74. The number of nitrogens with zero attached hydrogens (tertiary/aromatic N) is 6. The highest BCUT2D eigenvalue weighted by Crippen LogP contribution is 2.39. The number of hydrogen-bond donors (Lipinski definition) is 2. The van der Waals surface area contributed by atoms with Crippen molar-refractivity contribution in [3.8, 4) is 28.8 Å². The Morgan fingerprint density at radius 3 is 2.57 bits per heavy atom. The normalized spacial score (nSPS) is 22.3.